The second-order valence-electron chi connectivity index (χ2n) is 7.78. The summed E-state index contributed by atoms with van der Waals surface area (Å²) in [7, 11) is 0. The van der Waals surface area contributed by atoms with Crippen LogP contribution in [0.4, 0.5) is 0 Å². The van der Waals surface area contributed by atoms with Crippen molar-refractivity contribution < 1.29 is 13.9 Å². The van der Waals surface area contributed by atoms with Crippen LogP contribution in [0.5, 0.6) is 0 Å². The van der Waals surface area contributed by atoms with E-state index in [9.17, 15) is 9.59 Å². The van der Waals surface area contributed by atoms with Crippen molar-refractivity contribution >= 4 is 27.8 Å². The molecule has 30 heavy (non-hydrogen) atoms. The molecule has 0 bridgehead atoms. The van der Waals surface area contributed by atoms with E-state index in [2.05, 4.69) is 18.8 Å². The van der Waals surface area contributed by atoms with Gasteiger partial charge in [0.15, 0.2) is 0 Å². The third-order valence-electron chi connectivity index (χ3n) is 5.28. The summed E-state index contributed by atoms with van der Waals surface area (Å²) < 4.78 is 10.9. The first kappa shape index (κ1) is 19.8. The lowest BCUT2D eigenvalue weighted by Gasteiger charge is -2.13. The fourth-order valence-electron chi connectivity index (χ4n) is 3.81. The van der Waals surface area contributed by atoms with Crippen molar-refractivity contribution in [1.82, 2.24) is 4.98 Å². The highest BCUT2D eigenvalue weighted by molar-refractivity contribution is 5.86. The lowest BCUT2D eigenvalue weighted by atomic mass is 9.95. The topological polar surface area (TPSA) is 69.4 Å². The van der Waals surface area contributed by atoms with Crippen LogP contribution in [0.3, 0.4) is 0 Å². The summed E-state index contributed by atoms with van der Waals surface area (Å²) in [4.78, 5) is 28.9. The number of para-hydroxylation sites is 1. The molecule has 0 amide bonds. The minimum atomic E-state index is -0.455. The number of rotatable bonds is 5. The van der Waals surface area contributed by atoms with Crippen LogP contribution in [0.2, 0.25) is 0 Å². The second-order valence-corrected chi connectivity index (χ2v) is 7.78. The van der Waals surface area contributed by atoms with Gasteiger partial charge in [-0.05, 0) is 47.7 Å². The Kier molecular flexibility index (Phi) is 5.36. The van der Waals surface area contributed by atoms with Crippen LogP contribution in [0.25, 0.3) is 21.9 Å². The van der Waals surface area contributed by atoms with Gasteiger partial charge in [-0.3, -0.25) is 9.78 Å². The predicted molar refractivity (Wildman–Crippen MR) is 117 cm³/mol. The third kappa shape index (κ3) is 3.96. The number of aromatic nitrogens is 1. The fourth-order valence-corrected chi connectivity index (χ4v) is 3.81. The van der Waals surface area contributed by atoms with E-state index in [0.717, 1.165) is 27.4 Å². The number of aryl methyl sites for hydroxylation is 1. The van der Waals surface area contributed by atoms with Crippen LogP contribution < -0.4 is 5.63 Å². The maximum absolute atomic E-state index is 12.5. The minimum absolute atomic E-state index is 0.0136. The normalized spacial score (nSPS) is 11.3. The molecule has 5 nitrogen and oxygen atoms in total. The van der Waals surface area contributed by atoms with Gasteiger partial charge < -0.3 is 9.15 Å². The number of hydrogen-bond acceptors (Lipinski definition) is 5. The number of carbonyl (C=O) groups is 1. The number of nitrogens with zero attached hydrogens (tertiary/aromatic N) is 1. The van der Waals surface area contributed by atoms with Crippen molar-refractivity contribution in [3.05, 3.63) is 87.4 Å². The van der Waals surface area contributed by atoms with Crippen LogP contribution in [0.15, 0.2) is 63.9 Å². The van der Waals surface area contributed by atoms with Crippen LogP contribution >= 0.6 is 0 Å². The van der Waals surface area contributed by atoms with Gasteiger partial charge in [-0.15, -0.1) is 0 Å². The predicted octanol–water partition coefficient (Wildman–Crippen LogP) is 5.06. The van der Waals surface area contributed by atoms with E-state index in [0.29, 0.717) is 17.1 Å². The molecule has 0 N–H and O–H groups in total. The number of hydrogen-bond donors (Lipinski definition) is 0. The molecule has 0 aliphatic heterocycles. The smallest absolute Gasteiger partial charge is 0.336 e. The molecular weight excluding hydrogens is 378 g/mol. The van der Waals surface area contributed by atoms with Gasteiger partial charge in [-0.2, -0.15) is 0 Å². The first-order valence-electron chi connectivity index (χ1n) is 9.98. The third-order valence-corrected chi connectivity index (χ3v) is 5.28. The van der Waals surface area contributed by atoms with Crippen molar-refractivity contribution in [3.8, 4) is 0 Å². The van der Waals surface area contributed by atoms with E-state index in [4.69, 9.17) is 9.15 Å². The van der Waals surface area contributed by atoms with Crippen molar-refractivity contribution in [1.29, 1.82) is 0 Å². The van der Waals surface area contributed by atoms with Crippen LogP contribution in [-0.4, -0.2) is 11.0 Å². The summed E-state index contributed by atoms with van der Waals surface area (Å²) in [6.45, 7) is 6.25. The Bertz CT molecular complexity index is 1300. The molecule has 0 spiro atoms. The Hall–Kier alpha value is -3.47. The molecule has 0 aliphatic rings. The van der Waals surface area contributed by atoms with Crippen LogP contribution in [0.1, 0.15) is 42.0 Å². The van der Waals surface area contributed by atoms with E-state index in [1.54, 1.807) is 6.20 Å². The van der Waals surface area contributed by atoms with Gasteiger partial charge in [0.25, 0.3) is 0 Å². The summed E-state index contributed by atoms with van der Waals surface area (Å²) in [5.41, 5.74) is 4.54. The zero-order valence-electron chi connectivity index (χ0n) is 17.3. The van der Waals surface area contributed by atoms with Crippen molar-refractivity contribution in [2.24, 2.45) is 0 Å². The first-order chi connectivity index (χ1) is 14.4. The lowest BCUT2D eigenvalue weighted by molar-refractivity contribution is -0.144. The monoisotopic (exact) mass is 401 g/mol. The molecule has 2 heterocycles. The standard InChI is InChI=1S/C25H23NO4/c1-15(2)20-13-21-19(12-24(28)30-22(21)10-16(20)3)14-29-23(27)11-18-7-4-6-17-8-5-9-26-25(17)18/h4-10,12-13,15H,11,14H2,1-3H3. The van der Waals surface area contributed by atoms with Crippen molar-refractivity contribution in [2.75, 3.05) is 0 Å². The van der Waals surface area contributed by atoms with Crippen molar-refractivity contribution in [3.63, 3.8) is 0 Å². The summed E-state index contributed by atoms with van der Waals surface area (Å²) >= 11 is 0. The van der Waals surface area contributed by atoms with E-state index >= 15 is 0 Å². The summed E-state index contributed by atoms with van der Waals surface area (Å²) in [5, 5.41) is 1.77. The number of carbonyl (C=O) groups excluding carboxylic acids is 1. The van der Waals surface area contributed by atoms with Gasteiger partial charge in [-0.25, -0.2) is 4.79 Å². The number of pyridine rings is 1. The molecule has 152 valence electrons. The molecule has 0 saturated heterocycles. The molecule has 0 saturated carbocycles. The molecule has 5 heteroatoms. The SMILES string of the molecule is Cc1cc2oc(=O)cc(COC(=O)Cc3cccc4cccnc34)c2cc1C(C)C. The molecule has 0 aliphatic carbocycles. The van der Waals surface area contributed by atoms with E-state index < -0.39 is 5.63 Å². The van der Waals surface area contributed by atoms with Gasteiger partial charge in [0.1, 0.15) is 12.2 Å². The zero-order valence-corrected chi connectivity index (χ0v) is 17.3. The maximum atomic E-state index is 12.5. The Balaban J connectivity index is 1.59. The molecule has 2 aromatic heterocycles. The maximum Gasteiger partial charge on any atom is 0.336 e. The lowest BCUT2D eigenvalue weighted by Crippen LogP contribution is -2.10. The Labute approximate surface area is 174 Å². The Morgan fingerprint density at radius 1 is 1.10 bits per heavy atom. The molecule has 2 aromatic carbocycles. The highest BCUT2D eigenvalue weighted by Gasteiger charge is 2.14. The highest BCUT2D eigenvalue weighted by atomic mass is 16.5. The molecule has 4 aromatic rings. The molecule has 4 rings (SSSR count). The highest BCUT2D eigenvalue weighted by Crippen LogP contribution is 2.27. The number of ether oxygens (including phenoxy) is 1. The van der Waals surface area contributed by atoms with Gasteiger partial charge in [-0.1, -0.05) is 38.1 Å². The largest absolute Gasteiger partial charge is 0.461 e. The Morgan fingerprint density at radius 2 is 1.90 bits per heavy atom. The molecule has 0 atom stereocenters. The fraction of sp³-hybridized carbons (Fsp3) is 0.240. The summed E-state index contributed by atoms with van der Waals surface area (Å²) in [6, 6.07) is 14.9. The number of esters is 1. The first-order valence-corrected chi connectivity index (χ1v) is 9.98. The zero-order chi connectivity index (χ0) is 21.3. The average Bonchev–Trinajstić information content (AvgIpc) is 2.71. The van der Waals surface area contributed by atoms with Gasteiger partial charge in [0.2, 0.25) is 0 Å². The Morgan fingerprint density at radius 3 is 2.70 bits per heavy atom. The molecule has 0 radical (unpaired) electrons. The molecule has 0 unspecified atom stereocenters. The van der Waals surface area contributed by atoms with Gasteiger partial charge in [0.05, 0.1) is 11.9 Å². The summed E-state index contributed by atoms with van der Waals surface area (Å²) in [5.74, 6) is -0.0404. The molecular formula is C25H23NO4. The van der Waals surface area contributed by atoms with Gasteiger partial charge in [0, 0.05) is 28.6 Å². The number of benzene rings is 2. The van der Waals surface area contributed by atoms with Crippen LogP contribution in [-0.2, 0) is 22.6 Å². The van der Waals surface area contributed by atoms with E-state index in [1.165, 1.54) is 11.6 Å². The van der Waals surface area contributed by atoms with E-state index in [-0.39, 0.29) is 19.0 Å². The average molecular weight is 401 g/mol. The van der Waals surface area contributed by atoms with Crippen LogP contribution in [0, 0.1) is 6.92 Å². The van der Waals surface area contributed by atoms with Gasteiger partial charge >= 0.3 is 11.6 Å². The van der Waals surface area contributed by atoms with Crippen molar-refractivity contribution in [2.45, 2.75) is 39.7 Å². The minimum Gasteiger partial charge on any atom is -0.461 e. The van der Waals surface area contributed by atoms with E-state index in [1.807, 2.05) is 49.4 Å². The quantitative estimate of drug-likeness (QED) is 0.345. The molecule has 0 fully saturated rings. The summed E-state index contributed by atoms with van der Waals surface area (Å²) in [6.07, 6.45) is 1.82. The number of fused-ring (bicyclic) bond motifs is 2. The second kappa shape index (κ2) is 8.11.